The molecule has 8 nitrogen and oxygen atoms in total. The molecule has 2 aromatic carbocycles. The normalized spacial score (nSPS) is 11.2. The molecule has 144 valence electrons. The number of anilines is 1. The van der Waals surface area contributed by atoms with Crippen molar-refractivity contribution in [3.05, 3.63) is 70.3 Å². The second kappa shape index (κ2) is 7.24. The van der Waals surface area contributed by atoms with Crippen molar-refractivity contribution >= 4 is 38.4 Å². The summed E-state index contributed by atoms with van der Waals surface area (Å²) in [6.07, 6.45) is 1.22. The largest absolute Gasteiger partial charge is 0.360 e. The number of halogens is 1. The lowest BCUT2D eigenvalue weighted by Crippen LogP contribution is -2.28. The van der Waals surface area contributed by atoms with Gasteiger partial charge in [-0.1, -0.05) is 0 Å². The van der Waals surface area contributed by atoms with E-state index in [1.807, 2.05) is 4.72 Å². The molecule has 3 rings (SSSR count). The maximum atomic E-state index is 13.4. The van der Waals surface area contributed by atoms with Crippen molar-refractivity contribution in [2.24, 2.45) is 0 Å². The Labute approximate surface area is 158 Å². The average molecular weight is 403 g/mol. The van der Waals surface area contributed by atoms with E-state index >= 15 is 0 Å². The average Bonchev–Trinajstić information content (AvgIpc) is 2.62. The number of H-pyrrole nitrogens is 1. The maximum Gasteiger partial charge on any atom is 0.264 e. The molecular formula is C18H14FN3O5S. The Morgan fingerprint density at radius 1 is 1.07 bits per heavy atom. The predicted molar refractivity (Wildman–Crippen MR) is 99.9 cm³/mol. The summed E-state index contributed by atoms with van der Waals surface area (Å²) in [5, 5.41) is 2.49. The van der Waals surface area contributed by atoms with Gasteiger partial charge in [0.05, 0.1) is 4.90 Å². The van der Waals surface area contributed by atoms with Gasteiger partial charge in [0, 0.05) is 29.7 Å². The Bertz CT molecular complexity index is 1250. The number of carbonyl (C=O) groups is 2. The zero-order valence-electron chi connectivity index (χ0n) is 14.4. The van der Waals surface area contributed by atoms with E-state index in [0.717, 1.165) is 13.0 Å². The maximum absolute atomic E-state index is 13.4. The van der Waals surface area contributed by atoms with Gasteiger partial charge < -0.3 is 10.3 Å². The molecule has 1 aromatic heterocycles. The first-order chi connectivity index (χ1) is 13.2. The molecule has 0 atom stereocenters. The summed E-state index contributed by atoms with van der Waals surface area (Å²) in [6, 6.07) is 8.62. The summed E-state index contributed by atoms with van der Waals surface area (Å²) < 4.78 is 39.0. The number of fused-ring (bicyclic) bond motifs is 1. The van der Waals surface area contributed by atoms with Crippen LogP contribution in [0.1, 0.15) is 17.3 Å². The fraction of sp³-hybridized carbons (Fsp3) is 0.0556. The van der Waals surface area contributed by atoms with Gasteiger partial charge in [0.15, 0.2) is 0 Å². The lowest BCUT2D eigenvalue weighted by molar-refractivity contribution is -0.117. The number of carbonyl (C=O) groups excluding carboxylic acids is 2. The smallest absolute Gasteiger partial charge is 0.264 e. The molecule has 0 aliphatic carbocycles. The summed E-state index contributed by atoms with van der Waals surface area (Å²) in [5.74, 6) is -2.08. The van der Waals surface area contributed by atoms with E-state index in [9.17, 15) is 27.2 Å². The SMILES string of the molecule is CC(=O)NS(=O)(=O)c1ccc(NC(=O)c2c[nH]c3ccc(F)cc3c2=O)cc1. The Hall–Kier alpha value is -3.53. The monoisotopic (exact) mass is 403 g/mol. The minimum Gasteiger partial charge on any atom is -0.360 e. The van der Waals surface area contributed by atoms with E-state index in [0.29, 0.717) is 5.52 Å². The molecule has 0 saturated heterocycles. The van der Waals surface area contributed by atoms with Crippen LogP contribution in [0.3, 0.4) is 0 Å². The summed E-state index contributed by atoms with van der Waals surface area (Å²) in [4.78, 5) is 38.4. The van der Waals surface area contributed by atoms with Crippen LogP contribution in [-0.2, 0) is 14.8 Å². The molecule has 0 saturated carbocycles. The fourth-order valence-electron chi connectivity index (χ4n) is 2.52. The van der Waals surface area contributed by atoms with E-state index < -0.39 is 33.1 Å². The zero-order chi connectivity index (χ0) is 20.5. The topological polar surface area (TPSA) is 125 Å². The number of aromatic nitrogens is 1. The van der Waals surface area contributed by atoms with Crippen LogP contribution in [-0.4, -0.2) is 25.2 Å². The fourth-order valence-corrected chi connectivity index (χ4v) is 3.51. The van der Waals surface area contributed by atoms with Crippen molar-refractivity contribution in [3.8, 4) is 0 Å². The molecule has 0 aliphatic rings. The number of hydrogen-bond acceptors (Lipinski definition) is 5. The number of nitrogens with one attached hydrogen (secondary N) is 3. The molecule has 0 unspecified atom stereocenters. The number of hydrogen-bond donors (Lipinski definition) is 3. The predicted octanol–water partition coefficient (Wildman–Crippen LogP) is 1.74. The van der Waals surface area contributed by atoms with Crippen LogP contribution in [0.4, 0.5) is 10.1 Å². The number of amides is 2. The molecule has 3 aromatic rings. The summed E-state index contributed by atoms with van der Waals surface area (Å²) in [6.45, 7) is 1.07. The summed E-state index contributed by atoms with van der Waals surface area (Å²) in [5.41, 5.74) is -0.260. The summed E-state index contributed by atoms with van der Waals surface area (Å²) in [7, 11) is -3.99. The van der Waals surface area contributed by atoms with Crippen LogP contribution in [0, 0.1) is 5.82 Å². The van der Waals surface area contributed by atoms with Crippen molar-refractivity contribution < 1.29 is 22.4 Å². The Morgan fingerprint density at radius 3 is 2.39 bits per heavy atom. The van der Waals surface area contributed by atoms with Gasteiger partial charge in [0.1, 0.15) is 11.4 Å². The third kappa shape index (κ3) is 3.91. The molecule has 10 heteroatoms. The minimum atomic E-state index is -3.99. The van der Waals surface area contributed by atoms with Gasteiger partial charge in [0.25, 0.3) is 15.9 Å². The van der Waals surface area contributed by atoms with Crippen LogP contribution in [0.5, 0.6) is 0 Å². The van der Waals surface area contributed by atoms with Crippen LogP contribution < -0.4 is 15.5 Å². The van der Waals surface area contributed by atoms with E-state index in [2.05, 4.69) is 10.3 Å². The van der Waals surface area contributed by atoms with Crippen molar-refractivity contribution in [1.82, 2.24) is 9.71 Å². The molecular weight excluding hydrogens is 389 g/mol. The molecule has 28 heavy (non-hydrogen) atoms. The molecule has 3 N–H and O–H groups in total. The third-order valence-corrected chi connectivity index (χ3v) is 5.24. The van der Waals surface area contributed by atoms with Gasteiger partial charge in [-0.25, -0.2) is 17.5 Å². The number of rotatable bonds is 4. The molecule has 0 spiro atoms. The highest BCUT2D eigenvalue weighted by molar-refractivity contribution is 7.90. The number of aromatic amines is 1. The Morgan fingerprint density at radius 2 is 1.75 bits per heavy atom. The number of benzene rings is 2. The third-order valence-electron chi connectivity index (χ3n) is 3.79. The van der Waals surface area contributed by atoms with E-state index in [1.54, 1.807) is 0 Å². The van der Waals surface area contributed by atoms with Crippen LogP contribution in [0.15, 0.2) is 58.4 Å². The van der Waals surface area contributed by atoms with Gasteiger partial charge >= 0.3 is 0 Å². The van der Waals surface area contributed by atoms with Crippen molar-refractivity contribution in [2.75, 3.05) is 5.32 Å². The van der Waals surface area contributed by atoms with E-state index in [1.165, 1.54) is 42.6 Å². The highest BCUT2D eigenvalue weighted by Crippen LogP contribution is 2.15. The highest BCUT2D eigenvalue weighted by Gasteiger charge is 2.17. The van der Waals surface area contributed by atoms with Crippen LogP contribution in [0.2, 0.25) is 0 Å². The Balaban J connectivity index is 1.86. The Kier molecular flexibility index (Phi) is 4.97. The van der Waals surface area contributed by atoms with Crippen molar-refractivity contribution in [3.63, 3.8) is 0 Å². The number of sulfonamides is 1. The highest BCUT2D eigenvalue weighted by atomic mass is 32.2. The van der Waals surface area contributed by atoms with E-state index in [4.69, 9.17) is 0 Å². The van der Waals surface area contributed by atoms with Crippen LogP contribution >= 0.6 is 0 Å². The first kappa shape index (κ1) is 19.2. The molecule has 0 bridgehead atoms. The second-order valence-electron chi connectivity index (χ2n) is 5.86. The van der Waals surface area contributed by atoms with Gasteiger partial charge in [-0.3, -0.25) is 14.4 Å². The summed E-state index contributed by atoms with van der Waals surface area (Å²) >= 11 is 0. The zero-order valence-corrected chi connectivity index (χ0v) is 15.3. The molecule has 2 amide bonds. The molecule has 0 aliphatic heterocycles. The van der Waals surface area contributed by atoms with Crippen molar-refractivity contribution in [2.45, 2.75) is 11.8 Å². The molecule has 0 fully saturated rings. The van der Waals surface area contributed by atoms with Gasteiger partial charge in [-0.2, -0.15) is 0 Å². The van der Waals surface area contributed by atoms with Gasteiger partial charge in [-0.05, 0) is 42.5 Å². The van der Waals surface area contributed by atoms with Crippen molar-refractivity contribution in [1.29, 1.82) is 0 Å². The van der Waals surface area contributed by atoms with E-state index in [-0.39, 0.29) is 21.5 Å². The first-order valence-electron chi connectivity index (χ1n) is 7.93. The molecule has 0 radical (unpaired) electrons. The lowest BCUT2D eigenvalue weighted by atomic mass is 10.1. The van der Waals surface area contributed by atoms with Crippen LogP contribution in [0.25, 0.3) is 10.9 Å². The van der Waals surface area contributed by atoms with Gasteiger partial charge in [-0.15, -0.1) is 0 Å². The number of pyridine rings is 1. The second-order valence-corrected chi connectivity index (χ2v) is 7.54. The minimum absolute atomic E-state index is 0.0319. The molecule has 1 heterocycles. The van der Waals surface area contributed by atoms with Gasteiger partial charge in [0.2, 0.25) is 11.3 Å². The first-order valence-corrected chi connectivity index (χ1v) is 9.41. The quantitative estimate of drug-likeness (QED) is 0.612. The lowest BCUT2D eigenvalue weighted by Gasteiger charge is -2.08. The standard InChI is InChI=1S/C18H14FN3O5S/c1-10(23)22-28(26,27)13-5-3-12(4-6-13)21-18(25)15-9-20-16-7-2-11(19)8-14(16)17(15)24/h2-9H,1H3,(H,20,24)(H,21,25)(H,22,23).